The van der Waals surface area contributed by atoms with Gasteiger partial charge in [0.25, 0.3) is 11.5 Å². The largest absolute Gasteiger partial charge is 0.476 e. The summed E-state index contributed by atoms with van der Waals surface area (Å²) in [6, 6.07) is 1.14. The third-order valence-electron chi connectivity index (χ3n) is 2.55. The van der Waals surface area contributed by atoms with Crippen LogP contribution in [0.5, 0.6) is 0 Å². The first kappa shape index (κ1) is 12.0. The van der Waals surface area contributed by atoms with E-state index in [0.717, 1.165) is 16.8 Å². The molecular weight excluding hydrogens is 242 g/mol. The van der Waals surface area contributed by atoms with Crippen LogP contribution in [0.25, 0.3) is 0 Å². The van der Waals surface area contributed by atoms with E-state index in [1.807, 2.05) is 0 Å². The van der Waals surface area contributed by atoms with E-state index in [1.54, 1.807) is 0 Å². The van der Waals surface area contributed by atoms with Crippen molar-refractivity contribution in [2.24, 2.45) is 0 Å². The van der Waals surface area contributed by atoms with E-state index in [-0.39, 0.29) is 18.5 Å². The summed E-state index contributed by atoms with van der Waals surface area (Å²) >= 11 is 0. The van der Waals surface area contributed by atoms with Gasteiger partial charge in [-0.1, -0.05) is 0 Å². The summed E-state index contributed by atoms with van der Waals surface area (Å²) in [7, 11) is 0. The van der Waals surface area contributed by atoms with Crippen molar-refractivity contribution in [2.45, 2.75) is 18.9 Å². The molecule has 0 bridgehead atoms. The van der Waals surface area contributed by atoms with Gasteiger partial charge in [-0.05, 0) is 12.5 Å². The van der Waals surface area contributed by atoms with Gasteiger partial charge in [-0.15, -0.1) is 0 Å². The van der Waals surface area contributed by atoms with Crippen molar-refractivity contribution < 1.29 is 19.5 Å². The summed E-state index contributed by atoms with van der Waals surface area (Å²) < 4.78 is 0.797. The van der Waals surface area contributed by atoms with Gasteiger partial charge in [0.05, 0.1) is 0 Å². The number of nitrogens with one attached hydrogen (secondary N) is 1. The maximum atomic E-state index is 11.6. The predicted molar refractivity (Wildman–Crippen MR) is 56.9 cm³/mol. The molecule has 1 aliphatic heterocycles. The first-order valence-corrected chi connectivity index (χ1v) is 5.16. The molecule has 2 rings (SSSR count). The Labute approximate surface area is 100 Å². The highest BCUT2D eigenvalue weighted by atomic mass is 16.4. The number of aromatic nitrogens is 2. The lowest BCUT2D eigenvalue weighted by atomic mass is 10.1. The van der Waals surface area contributed by atoms with Crippen molar-refractivity contribution in [2.75, 3.05) is 0 Å². The van der Waals surface area contributed by atoms with Crippen LogP contribution in [-0.4, -0.2) is 32.7 Å². The van der Waals surface area contributed by atoms with Crippen molar-refractivity contribution >= 4 is 17.8 Å². The number of carbonyl (C=O) groups is 3. The van der Waals surface area contributed by atoms with E-state index in [0.29, 0.717) is 0 Å². The smallest absolute Gasteiger partial charge is 0.356 e. The SMILES string of the molecule is O=C1CCC(n2nc(C(=O)O)ccc2=O)C(=O)N1. The molecule has 8 heteroatoms. The summed E-state index contributed by atoms with van der Waals surface area (Å²) in [5.74, 6) is -2.36. The zero-order chi connectivity index (χ0) is 13.3. The predicted octanol–water partition coefficient (Wildman–Crippen LogP) is -1.08. The minimum absolute atomic E-state index is 0.0851. The number of hydrogen-bond acceptors (Lipinski definition) is 5. The van der Waals surface area contributed by atoms with E-state index >= 15 is 0 Å². The average molecular weight is 251 g/mol. The molecule has 18 heavy (non-hydrogen) atoms. The van der Waals surface area contributed by atoms with Gasteiger partial charge in [0.2, 0.25) is 5.91 Å². The second kappa shape index (κ2) is 4.40. The van der Waals surface area contributed by atoms with Gasteiger partial charge in [-0.25, -0.2) is 9.48 Å². The zero-order valence-corrected chi connectivity index (χ0v) is 9.12. The van der Waals surface area contributed by atoms with Crippen LogP contribution in [0.2, 0.25) is 0 Å². The summed E-state index contributed by atoms with van der Waals surface area (Å²) in [5.41, 5.74) is -0.922. The van der Waals surface area contributed by atoms with Gasteiger partial charge >= 0.3 is 5.97 Å². The Morgan fingerprint density at radius 2 is 2.11 bits per heavy atom. The topological polar surface area (TPSA) is 118 Å². The highest BCUT2D eigenvalue weighted by Crippen LogP contribution is 2.15. The van der Waals surface area contributed by atoms with Crippen LogP contribution in [0.4, 0.5) is 0 Å². The number of carbonyl (C=O) groups excluding carboxylic acids is 2. The van der Waals surface area contributed by atoms with E-state index in [1.165, 1.54) is 0 Å². The Bertz CT molecular complexity index is 591. The molecule has 0 spiro atoms. The van der Waals surface area contributed by atoms with E-state index in [4.69, 9.17) is 5.11 Å². The zero-order valence-electron chi connectivity index (χ0n) is 9.12. The summed E-state index contributed by atoms with van der Waals surface area (Å²) in [6.07, 6.45) is 0.211. The molecule has 94 valence electrons. The maximum absolute atomic E-state index is 11.6. The Hall–Kier alpha value is -2.51. The highest BCUT2D eigenvalue weighted by Gasteiger charge is 2.29. The Morgan fingerprint density at radius 3 is 2.72 bits per heavy atom. The molecule has 1 unspecified atom stereocenters. The first-order valence-electron chi connectivity index (χ1n) is 5.16. The molecule has 2 amide bonds. The number of piperidine rings is 1. The molecule has 1 aromatic heterocycles. The lowest BCUT2D eigenvalue weighted by Gasteiger charge is -2.21. The van der Waals surface area contributed by atoms with Gasteiger partial charge in [-0.2, -0.15) is 5.10 Å². The minimum Gasteiger partial charge on any atom is -0.476 e. The second-order valence-electron chi connectivity index (χ2n) is 3.77. The molecule has 1 aromatic rings. The normalized spacial score (nSPS) is 19.4. The molecule has 1 fully saturated rings. The van der Waals surface area contributed by atoms with E-state index in [9.17, 15) is 19.2 Å². The molecule has 2 heterocycles. The van der Waals surface area contributed by atoms with Crippen LogP contribution in [0.15, 0.2) is 16.9 Å². The molecule has 1 saturated heterocycles. The van der Waals surface area contributed by atoms with Gasteiger partial charge in [-0.3, -0.25) is 19.7 Å². The molecule has 1 atom stereocenters. The Morgan fingerprint density at radius 1 is 1.39 bits per heavy atom. The monoisotopic (exact) mass is 251 g/mol. The molecule has 0 saturated carbocycles. The number of nitrogens with zero attached hydrogens (tertiary/aromatic N) is 2. The van der Waals surface area contributed by atoms with Crippen LogP contribution in [0.3, 0.4) is 0 Å². The Balaban J connectivity index is 2.41. The summed E-state index contributed by atoms with van der Waals surface area (Å²) in [4.78, 5) is 44.8. The van der Waals surface area contributed by atoms with Crippen molar-refractivity contribution in [3.8, 4) is 0 Å². The molecule has 8 nitrogen and oxygen atoms in total. The molecule has 0 aliphatic carbocycles. The van der Waals surface area contributed by atoms with E-state index in [2.05, 4.69) is 10.4 Å². The molecular formula is C10H9N3O5. The quantitative estimate of drug-likeness (QED) is 0.645. The fourth-order valence-electron chi connectivity index (χ4n) is 1.68. The lowest BCUT2D eigenvalue weighted by molar-refractivity contribution is -0.136. The molecule has 1 aliphatic rings. The third kappa shape index (κ3) is 2.12. The van der Waals surface area contributed by atoms with Crippen molar-refractivity contribution in [3.63, 3.8) is 0 Å². The van der Waals surface area contributed by atoms with Crippen LogP contribution < -0.4 is 10.9 Å². The summed E-state index contributed by atoms with van der Waals surface area (Å²) in [6.45, 7) is 0. The van der Waals surface area contributed by atoms with Crippen molar-refractivity contribution in [3.05, 3.63) is 28.2 Å². The third-order valence-corrected chi connectivity index (χ3v) is 2.55. The van der Waals surface area contributed by atoms with Gasteiger partial charge in [0.1, 0.15) is 6.04 Å². The van der Waals surface area contributed by atoms with Crippen molar-refractivity contribution in [1.82, 2.24) is 15.1 Å². The standard InChI is InChI=1S/C10H9N3O5/c14-7-3-2-6(9(16)11-7)13-8(15)4-1-5(12-13)10(17)18/h1,4,6H,2-3H2,(H,17,18)(H,11,14,16). The second-order valence-corrected chi connectivity index (χ2v) is 3.77. The molecule has 2 N–H and O–H groups in total. The number of hydrogen-bond donors (Lipinski definition) is 2. The van der Waals surface area contributed by atoms with Crippen molar-refractivity contribution in [1.29, 1.82) is 0 Å². The van der Waals surface area contributed by atoms with Crippen LogP contribution in [0, 0.1) is 0 Å². The van der Waals surface area contributed by atoms with Crippen LogP contribution in [-0.2, 0) is 9.59 Å². The molecule has 0 aromatic carbocycles. The first-order chi connectivity index (χ1) is 8.49. The maximum Gasteiger partial charge on any atom is 0.356 e. The van der Waals surface area contributed by atoms with E-state index < -0.39 is 29.4 Å². The summed E-state index contributed by atoms with van der Waals surface area (Å²) in [5, 5.41) is 14.5. The average Bonchev–Trinajstić information content (AvgIpc) is 2.30. The van der Waals surface area contributed by atoms with Crippen LogP contribution >= 0.6 is 0 Å². The highest BCUT2D eigenvalue weighted by molar-refractivity contribution is 5.99. The number of aromatic carboxylic acids is 1. The number of carboxylic acids is 1. The number of carboxylic acid groups (broad SMARTS) is 1. The van der Waals surface area contributed by atoms with Gasteiger partial charge < -0.3 is 5.11 Å². The lowest BCUT2D eigenvalue weighted by Crippen LogP contribution is -2.45. The van der Waals surface area contributed by atoms with Gasteiger partial charge in [0, 0.05) is 12.5 Å². The van der Waals surface area contributed by atoms with Gasteiger partial charge in [0.15, 0.2) is 5.69 Å². The fourth-order valence-corrected chi connectivity index (χ4v) is 1.68. The Kier molecular flexibility index (Phi) is 2.92. The number of amides is 2. The number of rotatable bonds is 2. The minimum atomic E-state index is -1.30. The molecule has 0 radical (unpaired) electrons. The fraction of sp³-hybridized carbons (Fsp3) is 0.300. The van der Waals surface area contributed by atoms with Crippen LogP contribution in [0.1, 0.15) is 29.4 Å². The number of imide groups is 1.